The monoisotopic (exact) mass is 393 g/mol. The Morgan fingerprint density at radius 3 is 2.84 bits per heavy atom. The van der Waals surface area contributed by atoms with Gasteiger partial charge in [0, 0.05) is 23.2 Å². The molecule has 0 saturated carbocycles. The van der Waals surface area contributed by atoms with Gasteiger partial charge >= 0.3 is 0 Å². The van der Waals surface area contributed by atoms with Crippen LogP contribution in [0.1, 0.15) is 19.8 Å². The first-order valence-corrected chi connectivity index (χ1v) is 10.2. The van der Waals surface area contributed by atoms with E-state index >= 15 is 0 Å². The first-order chi connectivity index (χ1) is 12.1. The molecular weight excluding hydrogens is 378 g/mol. The minimum atomic E-state index is -0.246. The molecule has 8 heteroatoms. The van der Waals surface area contributed by atoms with Gasteiger partial charge in [0.2, 0.25) is 5.91 Å². The smallest absolute Gasteiger partial charge is 0.277 e. The van der Waals surface area contributed by atoms with Gasteiger partial charge in [0.15, 0.2) is 0 Å². The number of thioether (sulfide) groups is 1. The number of nitrogens with zero attached hydrogens (tertiary/aromatic N) is 3. The molecule has 1 aliphatic heterocycles. The fourth-order valence-corrected chi connectivity index (χ4v) is 5.10. The lowest BCUT2D eigenvalue weighted by atomic mass is 10.2. The highest BCUT2D eigenvalue weighted by Gasteiger charge is 2.26. The van der Waals surface area contributed by atoms with Crippen LogP contribution in [0.5, 0.6) is 0 Å². The maximum atomic E-state index is 12.4. The summed E-state index contributed by atoms with van der Waals surface area (Å²) in [6, 6.07) is 7.91. The van der Waals surface area contributed by atoms with Gasteiger partial charge in [-0.15, -0.1) is 21.5 Å². The van der Waals surface area contributed by atoms with E-state index in [-0.39, 0.29) is 11.2 Å². The zero-order valence-corrected chi connectivity index (χ0v) is 16.0. The Kier molecular flexibility index (Phi) is 4.71. The van der Waals surface area contributed by atoms with Crippen molar-refractivity contribution >= 4 is 50.7 Å². The van der Waals surface area contributed by atoms with Crippen LogP contribution in [0.25, 0.3) is 20.9 Å². The van der Waals surface area contributed by atoms with E-state index in [1.54, 1.807) is 0 Å². The molecule has 0 N–H and O–H groups in total. The predicted molar refractivity (Wildman–Crippen MR) is 101 cm³/mol. The Balaban J connectivity index is 1.53. The Morgan fingerprint density at radius 1 is 1.32 bits per heavy atom. The first kappa shape index (κ1) is 16.9. The fraction of sp³-hybridized carbons (Fsp3) is 0.353. The second-order valence-corrected chi connectivity index (χ2v) is 8.63. The standard InChI is InChI=1S/C17H16ClN3O2S2/c1-10(16(22)21-8-4-5-9-21)24-17-20-19-15(23-17)14-13(18)11-6-2-3-7-12(11)25-14/h2-3,6-7,10H,4-5,8-9H2,1H3/t10-/m1/s1. The second kappa shape index (κ2) is 6.97. The van der Waals surface area contributed by atoms with E-state index in [1.807, 2.05) is 36.1 Å². The Hall–Kier alpha value is -1.57. The van der Waals surface area contributed by atoms with Gasteiger partial charge in [-0.05, 0) is 25.8 Å². The van der Waals surface area contributed by atoms with E-state index in [0.717, 1.165) is 40.9 Å². The molecule has 4 rings (SSSR count). The van der Waals surface area contributed by atoms with Crippen molar-refractivity contribution < 1.29 is 9.21 Å². The van der Waals surface area contributed by atoms with Crippen LogP contribution in [0.2, 0.25) is 5.02 Å². The number of carbonyl (C=O) groups excluding carboxylic acids is 1. The van der Waals surface area contributed by atoms with Crippen molar-refractivity contribution in [3.8, 4) is 10.8 Å². The van der Waals surface area contributed by atoms with E-state index in [4.69, 9.17) is 16.0 Å². The molecule has 0 bridgehead atoms. The van der Waals surface area contributed by atoms with Crippen molar-refractivity contribution in [3.05, 3.63) is 29.3 Å². The van der Waals surface area contributed by atoms with E-state index < -0.39 is 0 Å². The highest BCUT2D eigenvalue weighted by Crippen LogP contribution is 2.42. The number of benzene rings is 1. The summed E-state index contributed by atoms with van der Waals surface area (Å²) in [5.74, 6) is 0.525. The molecule has 1 aromatic carbocycles. The Labute approximate surface area is 158 Å². The van der Waals surface area contributed by atoms with Crippen LogP contribution in [-0.2, 0) is 4.79 Å². The quantitative estimate of drug-likeness (QED) is 0.601. The number of rotatable bonds is 4. The van der Waals surface area contributed by atoms with Crippen molar-refractivity contribution in [1.82, 2.24) is 15.1 Å². The van der Waals surface area contributed by atoms with Crippen LogP contribution in [0.15, 0.2) is 33.9 Å². The molecule has 0 aliphatic carbocycles. The summed E-state index contributed by atoms with van der Waals surface area (Å²) < 4.78 is 6.84. The van der Waals surface area contributed by atoms with Crippen LogP contribution in [0.3, 0.4) is 0 Å². The highest BCUT2D eigenvalue weighted by atomic mass is 35.5. The molecule has 0 unspecified atom stereocenters. The lowest BCUT2D eigenvalue weighted by Gasteiger charge is -2.18. The molecule has 1 fully saturated rings. The maximum absolute atomic E-state index is 12.4. The average molecular weight is 394 g/mol. The summed E-state index contributed by atoms with van der Waals surface area (Å²) in [4.78, 5) is 15.1. The SMILES string of the molecule is C[C@@H](Sc1nnc(-c2sc3ccccc3c2Cl)o1)C(=O)N1CCCC1. The summed E-state index contributed by atoms with van der Waals surface area (Å²) >= 11 is 9.28. The number of amides is 1. The van der Waals surface area contributed by atoms with Gasteiger partial charge in [0.1, 0.15) is 4.88 Å². The maximum Gasteiger partial charge on any atom is 0.277 e. The molecule has 1 aliphatic rings. The van der Waals surface area contributed by atoms with Crippen LogP contribution >= 0.6 is 34.7 Å². The number of hydrogen-bond donors (Lipinski definition) is 0. The molecule has 1 amide bonds. The lowest BCUT2D eigenvalue weighted by molar-refractivity contribution is -0.129. The molecule has 2 aromatic heterocycles. The molecule has 3 aromatic rings. The van der Waals surface area contributed by atoms with Gasteiger partial charge in [-0.1, -0.05) is 41.6 Å². The number of likely N-dealkylation sites (tertiary alicyclic amines) is 1. The molecule has 0 spiro atoms. The summed E-state index contributed by atoms with van der Waals surface area (Å²) in [6.45, 7) is 3.56. The van der Waals surface area contributed by atoms with Crippen molar-refractivity contribution in [2.75, 3.05) is 13.1 Å². The second-order valence-electron chi connectivity index (χ2n) is 5.91. The van der Waals surface area contributed by atoms with Gasteiger partial charge in [0.25, 0.3) is 11.1 Å². The topological polar surface area (TPSA) is 59.2 Å². The van der Waals surface area contributed by atoms with E-state index in [2.05, 4.69) is 10.2 Å². The zero-order valence-electron chi connectivity index (χ0n) is 13.6. The summed E-state index contributed by atoms with van der Waals surface area (Å²) in [5.41, 5.74) is 0. The average Bonchev–Trinajstić information content (AvgIpc) is 3.35. The molecule has 0 radical (unpaired) electrons. The molecule has 25 heavy (non-hydrogen) atoms. The molecule has 5 nitrogen and oxygen atoms in total. The van der Waals surface area contributed by atoms with Gasteiger partial charge in [-0.3, -0.25) is 4.79 Å². The van der Waals surface area contributed by atoms with Gasteiger partial charge in [0.05, 0.1) is 10.3 Å². The highest BCUT2D eigenvalue weighted by molar-refractivity contribution is 8.00. The predicted octanol–water partition coefficient (Wildman–Crippen LogP) is 4.71. The number of carbonyl (C=O) groups is 1. The first-order valence-electron chi connectivity index (χ1n) is 8.10. The van der Waals surface area contributed by atoms with Crippen LogP contribution in [0.4, 0.5) is 0 Å². The number of fused-ring (bicyclic) bond motifs is 1. The van der Waals surface area contributed by atoms with Crippen molar-refractivity contribution in [2.45, 2.75) is 30.2 Å². The van der Waals surface area contributed by atoms with Gasteiger partial charge in [-0.2, -0.15) is 0 Å². The van der Waals surface area contributed by atoms with Crippen molar-refractivity contribution in [3.63, 3.8) is 0 Å². The Bertz CT molecular complexity index is 918. The van der Waals surface area contributed by atoms with Crippen molar-refractivity contribution in [1.29, 1.82) is 0 Å². The molecule has 3 heterocycles. The molecule has 1 saturated heterocycles. The van der Waals surface area contributed by atoms with Crippen molar-refractivity contribution in [2.24, 2.45) is 0 Å². The zero-order chi connectivity index (χ0) is 17.4. The third-order valence-corrected chi connectivity index (χ3v) is 6.76. The Morgan fingerprint density at radius 2 is 2.08 bits per heavy atom. The van der Waals surface area contributed by atoms with Crippen LogP contribution < -0.4 is 0 Å². The summed E-state index contributed by atoms with van der Waals surface area (Å²) in [6.07, 6.45) is 2.16. The minimum Gasteiger partial charge on any atom is -0.410 e. The molecular formula is C17H16ClN3O2S2. The summed E-state index contributed by atoms with van der Waals surface area (Å²) in [5, 5.41) is 9.95. The van der Waals surface area contributed by atoms with E-state index in [0.29, 0.717) is 16.1 Å². The third-order valence-electron chi connectivity index (χ3n) is 4.18. The largest absolute Gasteiger partial charge is 0.410 e. The third kappa shape index (κ3) is 3.28. The number of halogens is 1. The van der Waals surface area contributed by atoms with Crippen LogP contribution in [0, 0.1) is 0 Å². The van der Waals surface area contributed by atoms with E-state index in [1.165, 1.54) is 23.1 Å². The van der Waals surface area contributed by atoms with E-state index in [9.17, 15) is 4.79 Å². The number of hydrogen-bond acceptors (Lipinski definition) is 6. The fourth-order valence-electron chi connectivity index (χ4n) is 2.90. The summed E-state index contributed by atoms with van der Waals surface area (Å²) in [7, 11) is 0. The number of thiophene rings is 1. The lowest BCUT2D eigenvalue weighted by Crippen LogP contribution is -2.34. The van der Waals surface area contributed by atoms with Gasteiger partial charge in [-0.25, -0.2) is 0 Å². The van der Waals surface area contributed by atoms with Crippen LogP contribution in [-0.4, -0.2) is 39.3 Å². The number of aromatic nitrogens is 2. The molecule has 1 atom stereocenters. The van der Waals surface area contributed by atoms with Gasteiger partial charge < -0.3 is 9.32 Å². The normalized spacial score (nSPS) is 15.8. The molecule has 130 valence electrons. The minimum absolute atomic E-state index is 0.127.